The zero-order chi connectivity index (χ0) is 58.6. The van der Waals surface area contributed by atoms with Gasteiger partial charge in [0.05, 0.1) is 0 Å². The van der Waals surface area contributed by atoms with Gasteiger partial charge in [0.1, 0.15) is 63.9 Å². The molecule has 4 heterocycles. The van der Waals surface area contributed by atoms with Crippen molar-refractivity contribution in [1.82, 2.24) is 0 Å². The molecule has 5 aliphatic rings. The van der Waals surface area contributed by atoms with Gasteiger partial charge in [-0.15, -0.1) is 26.3 Å². The Labute approximate surface area is 537 Å². The molecule has 84 heavy (non-hydrogen) atoms. The lowest BCUT2D eigenvalue weighted by Crippen LogP contribution is -2.23. The van der Waals surface area contributed by atoms with Crippen LogP contribution in [0.3, 0.4) is 0 Å². The first-order chi connectivity index (χ1) is 41.3. The van der Waals surface area contributed by atoms with Gasteiger partial charge in [0.25, 0.3) is 0 Å². The maximum absolute atomic E-state index is 6.90. The third-order valence-corrected chi connectivity index (χ3v) is 21.1. The van der Waals surface area contributed by atoms with Gasteiger partial charge >= 0.3 is 0 Å². The van der Waals surface area contributed by atoms with Crippen molar-refractivity contribution in [1.29, 1.82) is 0 Å². The molecule has 4 aromatic rings. The van der Waals surface area contributed by atoms with Gasteiger partial charge in [-0.3, -0.25) is 0 Å². The monoisotopic (exact) mass is 1400 g/mol. The van der Waals surface area contributed by atoms with Crippen molar-refractivity contribution < 1.29 is 37.9 Å². The molecule has 0 aromatic heterocycles. The van der Waals surface area contributed by atoms with Crippen molar-refractivity contribution in [3.8, 4) is 46.0 Å². The molecule has 0 saturated carbocycles. The molecule has 0 atom stereocenters. The summed E-state index contributed by atoms with van der Waals surface area (Å²) in [6.45, 7) is 15.9. The average molecular weight is 1410 g/mol. The molecule has 0 spiro atoms. The number of halogens is 4. The number of benzene rings is 4. The lowest BCUT2D eigenvalue weighted by molar-refractivity contribution is 0.0954. The topological polar surface area (TPSA) is 73.8 Å². The summed E-state index contributed by atoms with van der Waals surface area (Å²) in [7, 11) is 0. The third kappa shape index (κ3) is 15.7. The molecular weight excluding hydrogens is 1310 g/mol. The van der Waals surface area contributed by atoms with E-state index < -0.39 is 0 Å². The normalized spacial score (nSPS) is 17.7. The minimum atomic E-state index is -0.102. The number of allylic oxidation sites excluding steroid dienone is 4. The average Bonchev–Trinajstić information content (AvgIpc) is 1.08. The minimum Gasteiger partial charge on any atom is -0.456 e. The van der Waals surface area contributed by atoms with Crippen LogP contribution in [0.5, 0.6) is 46.0 Å². The number of unbranched alkanes of at least 4 members (excludes halogenated alkanes) is 24. The summed E-state index contributed by atoms with van der Waals surface area (Å²) in [5.41, 5.74) is 9.11. The van der Waals surface area contributed by atoms with E-state index in [0.29, 0.717) is 0 Å². The molecule has 9 rings (SSSR count). The molecule has 0 radical (unpaired) electrons. The largest absolute Gasteiger partial charge is 0.456 e. The maximum atomic E-state index is 6.90. The lowest BCUT2D eigenvalue weighted by atomic mass is 9.76. The smallest absolute Gasteiger partial charge is 0.231 e. The molecule has 4 aromatic carbocycles. The van der Waals surface area contributed by atoms with E-state index in [0.717, 1.165) is 211 Å². The van der Waals surface area contributed by atoms with Crippen molar-refractivity contribution in [2.75, 3.05) is 27.2 Å². The van der Waals surface area contributed by atoms with Gasteiger partial charge in [0, 0.05) is 68.2 Å². The van der Waals surface area contributed by atoms with E-state index in [-0.39, 0.29) is 50.8 Å². The van der Waals surface area contributed by atoms with Gasteiger partial charge in [0.2, 0.25) is 27.2 Å². The minimum absolute atomic E-state index is 0.00775. The quantitative estimate of drug-likeness (QED) is 0.0329. The first-order valence-electron chi connectivity index (χ1n) is 32.2. The first kappa shape index (κ1) is 64.6. The SMILES string of the molecule is C=CCCCCCCCCC1c2cc3c4c(Br)c2OCOc2c1cc1c(c2Br)OCOc2c(cc5c(c2Br)OCOc2c(cc(c(c2Br)OCO4)C3CCCCCCCCC=C)C5CCCCCCCCC=C)C1CCCCCCCCC=C. The fourth-order valence-corrected chi connectivity index (χ4v) is 16.5. The molecule has 8 bridgehead atoms. The van der Waals surface area contributed by atoms with Crippen LogP contribution in [0.1, 0.15) is 274 Å². The van der Waals surface area contributed by atoms with Gasteiger partial charge in [-0.05, 0) is 165 Å². The number of hydrogen-bond acceptors (Lipinski definition) is 8. The van der Waals surface area contributed by atoms with Crippen LogP contribution >= 0.6 is 63.7 Å². The molecule has 0 saturated heterocycles. The summed E-state index contributed by atoms with van der Waals surface area (Å²) in [5, 5.41) is 0. The highest BCUT2D eigenvalue weighted by molar-refractivity contribution is 9.11. The summed E-state index contributed by atoms with van der Waals surface area (Å²) in [6.07, 6.45) is 43.9. The fraction of sp³-hybridized carbons (Fsp3) is 0.556. The van der Waals surface area contributed by atoms with Crippen molar-refractivity contribution in [3.63, 3.8) is 0 Å². The highest BCUT2D eigenvalue weighted by Crippen LogP contribution is 2.60. The van der Waals surface area contributed by atoms with Crippen LogP contribution in [-0.2, 0) is 0 Å². The second-order valence-corrected chi connectivity index (χ2v) is 27.1. The van der Waals surface area contributed by atoms with Crippen LogP contribution in [0.2, 0.25) is 0 Å². The van der Waals surface area contributed by atoms with Gasteiger partial charge in [-0.1, -0.05) is 153 Å². The van der Waals surface area contributed by atoms with Gasteiger partial charge < -0.3 is 37.9 Å². The summed E-state index contributed by atoms with van der Waals surface area (Å²) in [5.74, 6) is 5.64. The summed E-state index contributed by atoms with van der Waals surface area (Å²) >= 11 is 16.9. The Kier molecular flexibility index (Phi) is 25.8. The van der Waals surface area contributed by atoms with E-state index >= 15 is 0 Å². The molecule has 1 aliphatic carbocycles. The van der Waals surface area contributed by atoms with Gasteiger partial charge in [0.15, 0.2) is 0 Å². The second-order valence-electron chi connectivity index (χ2n) is 23.9. The second kappa shape index (κ2) is 33.5. The van der Waals surface area contributed by atoms with Crippen molar-refractivity contribution in [2.24, 2.45) is 0 Å². The van der Waals surface area contributed by atoms with E-state index in [1.165, 1.54) is 103 Å². The van der Waals surface area contributed by atoms with Crippen LogP contribution in [0.15, 0.2) is 92.8 Å². The maximum Gasteiger partial charge on any atom is 0.231 e. The zero-order valence-electron chi connectivity index (χ0n) is 50.0. The van der Waals surface area contributed by atoms with E-state index in [9.17, 15) is 0 Å². The lowest BCUT2D eigenvalue weighted by Gasteiger charge is -2.36. The van der Waals surface area contributed by atoms with E-state index in [4.69, 9.17) is 37.9 Å². The van der Waals surface area contributed by atoms with Crippen molar-refractivity contribution in [3.05, 3.63) is 137 Å². The Morgan fingerprint density at radius 2 is 0.417 bits per heavy atom. The molecule has 0 fully saturated rings. The molecular formula is C72H92Br4O8. The predicted octanol–water partition coefficient (Wildman–Crippen LogP) is 23.7. The Morgan fingerprint density at radius 3 is 0.583 bits per heavy atom. The number of rotatable bonds is 36. The van der Waals surface area contributed by atoms with E-state index in [1.807, 2.05) is 24.3 Å². The van der Waals surface area contributed by atoms with E-state index in [1.54, 1.807) is 0 Å². The predicted molar refractivity (Wildman–Crippen MR) is 357 cm³/mol. The fourth-order valence-electron chi connectivity index (χ4n) is 13.7. The Bertz CT molecular complexity index is 2360. The molecule has 0 amide bonds. The van der Waals surface area contributed by atoms with Crippen molar-refractivity contribution in [2.45, 2.75) is 229 Å². The number of hydrogen-bond donors (Lipinski definition) is 0. The molecule has 456 valence electrons. The summed E-state index contributed by atoms with van der Waals surface area (Å²) in [6, 6.07) is 9.85. The standard InChI is InChI=1S/C72H92Br4O8/c1-5-9-13-17-21-25-29-33-37-49-53-41-55-50(38-34-30-26-22-18-14-10-6-2)57-43-59-52(40-36-32-28-24-20-16-12-8-4)60-44-58-51(39-35-31-27-23-19-15-11-7-3)56-42-54(49)66-62(74)68(56)80-47-82-70(58)64(76)72(60)84-48-83-71(59)63(75)69(57)81-46-79-67(55)61(73)65(53)77-45-78-66/h5-8,41-44,49-52H,1-4,9-40,45-48H2. The summed E-state index contributed by atoms with van der Waals surface area (Å²) in [4.78, 5) is 0. The Balaban J connectivity index is 1.27. The number of ether oxygens (including phenoxy) is 8. The Morgan fingerprint density at radius 1 is 0.262 bits per heavy atom. The summed E-state index contributed by atoms with van der Waals surface area (Å²) < 4.78 is 58.4. The molecule has 0 unspecified atom stereocenters. The Hall–Kier alpha value is -3.84. The first-order valence-corrected chi connectivity index (χ1v) is 35.4. The van der Waals surface area contributed by atoms with Crippen molar-refractivity contribution >= 4 is 63.7 Å². The zero-order valence-corrected chi connectivity index (χ0v) is 56.3. The van der Waals surface area contributed by atoms with Crippen LogP contribution in [0.4, 0.5) is 0 Å². The molecule has 12 heteroatoms. The van der Waals surface area contributed by atoms with Gasteiger partial charge in [-0.25, -0.2) is 0 Å². The van der Waals surface area contributed by atoms with Crippen LogP contribution in [0.25, 0.3) is 0 Å². The molecule has 0 N–H and O–H groups in total. The van der Waals surface area contributed by atoms with Gasteiger partial charge in [-0.2, -0.15) is 0 Å². The van der Waals surface area contributed by atoms with Crippen LogP contribution in [0, 0.1) is 0 Å². The van der Waals surface area contributed by atoms with Crippen LogP contribution in [-0.4, -0.2) is 27.2 Å². The highest BCUT2D eigenvalue weighted by Gasteiger charge is 2.41. The highest BCUT2D eigenvalue weighted by atomic mass is 79.9. The third-order valence-electron chi connectivity index (χ3n) is 18.2. The molecule has 4 aliphatic heterocycles. The molecule has 8 nitrogen and oxygen atoms in total. The van der Waals surface area contributed by atoms with Crippen LogP contribution < -0.4 is 37.9 Å². The van der Waals surface area contributed by atoms with E-state index in [2.05, 4.69) is 114 Å².